The lowest BCUT2D eigenvalue weighted by molar-refractivity contribution is 0.121. The van der Waals surface area contributed by atoms with Crippen LogP contribution in [-0.2, 0) is 4.74 Å². The summed E-state index contributed by atoms with van der Waals surface area (Å²) in [5.74, 6) is 0.586. The molecule has 3 heterocycles. The lowest BCUT2D eigenvalue weighted by Gasteiger charge is -2.20. The summed E-state index contributed by atoms with van der Waals surface area (Å²) < 4.78 is 31.6. The Morgan fingerprint density at radius 3 is 2.73 bits per heavy atom. The number of benzene rings is 1. The Balaban J connectivity index is 1.65. The lowest BCUT2D eigenvalue weighted by atomic mass is 10.0. The number of ether oxygens (including phenoxy) is 1. The molecule has 6 nitrogen and oxygen atoms in total. The third kappa shape index (κ3) is 4.05. The van der Waals surface area contributed by atoms with Crippen molar-refractivity contribution in [3.8, 4) is 0 Å². The molecule has 1 aromatic carbocycles. The number of pyridine rings is 1. The van der Waals surface area contributed by atoms with Gasteiger partial charge in [0.15, 0.2) is 5.82 Å². The van der Waals surface area contributed by atoms with Gasteiger partial charge in [0.25, 0.3) is 6.43 Å². The molecule has 1 fully saturated rings. The first kappa shape index (κ1) is 20.4. The minimum absolute atomic E-state index is 0.00619. The number of aryl methyl sites for hydroxylation is 1. The minimum Gasteiger partial charge on any atom is -0.380 e. The molecule has 0 amide bonds. The van der Waals surface area contributed by atoms with E-state index in [0.29, 0.717) is 5.82 Å². The zero-order valence-electron chi connectivity index (χ0n) is 17.3. The molecule has 0 bridgehead atoms. The van der Waals surface area contributed by atoms with E-state index in [1.54, 1.807) is 13.2 Å². The van der Waals surface area contributed by atoms with Gasteiger partial charge in [-0.05, 0) is 38.0 Å². The molecule has 0 saturated carbocycles. The molecule has 1 aliphatic rings. The summed E-state index contributed by atoms with van der Waals surface area (Å²) >= 11 is 0. The van der Waals surface area contributed by atoms with Crippen LogP contribution >= 0.6 is 0 Å². The third-order valence-electron chi connectivity index (χ3n) is 5.63. The average molecular weight is 413 g/mol. The average Bonchev–Trinajstić information content (AvgIpc) is 3.25. The predicted molar refractivity (Wildman–Crippen MR) is 113 cm³/mol. The molecular weight excluding hydrogens is 388 g/mol. The summed E-state index contributed by atoms with van der Waals surface area (Å²) in [4.78, 5) is 6.88. The molecule has 1 N–H and O–H groups in total. The van der Waals surface area contributed by atoms with Crippen LogP contribution in [0.3, 0.4) is 0 Å². The first-order chi connectivity index (χ1) is 14.5. The zero-order chi connectivity index (χ0) is 21.3. The van der Waals surface area contributed by atoms with Gasteiger partial charge in [0.05, 0.1) is 35.2 Å². The van der Waals surface area contributed by atoms with E-state index in [-0.39, 0.29) is 17.7 Å². The fraction of sp³-hybridized carbons (Fsp3) is 0.409. The van der Waals surface area contributed by atoms with Gasteiger partial charge in [-0.25, -0.2) is 8.78 Å². The number of methoxy groups -OCH3 is 1. The van der Waals surface area contributed by atoms with Crippen molar-refractivity contribution >= 4 is 22.4 Å². The SMILES string of the molecule is CO[C@H]1CCN(c2cnc3c(C)nnc(NC(C)c4cccc(C(F)F)c4)c3c2)C1. The molecule has 8 heteroatoms. The number of rotatable bonds is 6. The second-order valence-electron chi connectivity index (χ2n) is 7.65. The van der Waals surface area contributed by atoms with Crippen molar-refractivity contribution in [2.75, 3.05) is 30.4 Å². The first-order valence-corrected chi connectivity index (χ1v) is 10.0. The van der Waals surface area contributed by atoms with E-state index >= 15 is 0 Å². The van der Waals surface area contributed by atoms with Crippen molar-refractivity contribution in [1.29, 1.82) is 0 Å². The summed E-state index contributed by atoms with van der Waals surface area (Å²) in [6.07, 6.45) is 0.553. The second kappa shape index (κ2) is 8.47. The highest BCUT2D eigenvalue weighted by Crippen LogP contribution is 2.31. The normalized spacial score (nSPS) is 17.7. The van der Waals surface area contributed by atoms with E-state index in [2.05, 4.69) is 31.5 Å². The predicted octanol–water partition coefficient (Wildman–Crippen LogP) is 4.67. The number of nitrogens with one attached hydrogen (secondary N) is 1. The zero-order valence-corrected chi connectivity index (χ0v) is 17.3. The van der Waals surface area contributed by atoms with E-state index in [0.717, 1.165) is 47.4 Å². The molecule has 1 saturated heterocycles. The van der Waals surface area contributed by atoms with Crippen molar-refractivity contribution in [2.24, 2.45) is 0 Å². The van der Waals surface area contributed by atoms with Crippen LogP contribution in [0.25, 0.3) is 10.9 Å². The van der Waals surface area contributed by atoms with Crippen LogP contribution in [0.1, 0.15) is 42.6 Å². The number of alkyl halides is 2. The van der Waals surface area contributed by atoms with Gasteiger partial charge in [0, 0.05) is 31.1 Å². The number of hydrogen-bond donors (Lipinski definition) is 1. The Kier molecular flexibility index (Phi) is 5.76. The number of anilines is 2. The second-order valence-corrected chi connectivity index (χ2v) is 7.65. The number of fused-ring (bicyclic) bond motifs is 1. The fourth-order valence-corrected chi connectivity index (χ4v) is 3.84. The highest BCUT2D eigenvalue weighted by atomic mass is 19.3. The third-order valence-corrected chi connectivity index (χ3v) is 5.63. The van der Waals surface area contributed by atoms with Gasteiger partial charge < -0.3 is 15.0 Å². The van der Waals surface area contributed by atoms with Crippen molar-refractivity contribution < 1.29 is 13.5 Å². The summed E-state index contributed by atoms with van der Waals surface area (Å²) in [5, 5.41) is 12.7. The molecule has 30 heavy (non-hydrogen) atoms. The Hall–Kier alpha value is -2.87. The van der Waals surface area contributed by atoms with Crippen LogP contribution in [-0.4, -0.2) is 41.5 Å². The van der Waals surface area contributed by atoms with Gasteiger partial charge in [-0.1, -0.05) is 18.2 Å². The summed E-state index contributed by atoms with van der Waals surface area (Å²) in [6, 6.07) is 8.26. The van der Waals surface area contributed by atoms with Gasteiger partial charge >= 0.3 is 0 Å². The van der Waals surface area contributed by atoms with E-state index < -0.39 is 6.43 Å². The van der Waals surface area contributed by atoms with Gasteiger partial charge in [-0.2, -0.15) is 5.10 Å². The minimum atomic E-state index is -2.50. The van der Waals surface area contributed by atoms with Crippen molar-refractivity contribution in [2.45, 2.75) is 38.8 Å². The number of halogens is 2. The molecule has 2 atom stereocenters. The molecular formula is C22H25F2N5O. The number of aromatic nitrogens is 3. The maximum atomic E-state index is 13.1. The first-order valence-electron chi connectivity index (χ1n) is 10.0. The van der Waals surface area contributed by atoms with Crippen LogP contribution in [0.5, 0.6) is 0 Å². The molecule has 2 aromatic heterocycles. The van der Waals surface area contributed by atoms with Gasteiger partial charge in [-0.15, -0.1) is 5.10 Å². The number of hydrogen-bond acceptors (Lipinski definition) is 6. The Morgan fingerprint density at radius 2 is 2.00 bits per heavy atom. The summed E-state index contributed by atoms with van der Waals surface area (Å²) in [5.41, 5.74) is 3.28. The highest BCUT2D eigenvalue weighted by molar-refractivity contribution is 5.92. The summed E-state index contributed by atoms with van der Waals surface area (Å²) in [6.45, 7) is 5.51. The molecule has 3 aromatic rings. The van der Waals surface area contributed by atoms with Gasteiger partial charge in [0.2, 0.25) is 0 Å². The fourth-order valence-electron chi connectivity index (χ4n) is 3.84. The van der Waals surface area contributed by atoms with E-state index in [1.165, 1.54) is 12.1 Å². The molecule has 0 radical (unpaired) electrons. The molecule has 4 rings (SSSR count). The maximum absolute atomic E-state index is 13.1. The van der Waals surface area contributed by atoms with Crippen LogP contribution in [0.15, 0.2) is 36.5 Å². The van der Waals surface area contributed by atoms with Crippen molar-refractivity contribution in [1.82, 2.24) is 15.2 Å². The van der Waals surface area contributed by atoms with Crippen LogP contribution < -0.4 is 10.2 Å². The largest absolute Gasteiger partial charge is 0.380 e. The van der Waals surface area contributed by atoms with Crippen LogP contribution in [0.2, 0.25) is 0 Å². The molecule has 0 aliphatic carbocycles. The number of nitrogens with zero attached hydrogens (tertiary/aromatic N) is 4. The standard InChI is InChI=1S/C22H25F2N5O/c1-13(15-5-4-6-16(9-15)21(23)24)26-22-19-10-17(29-8-7-18(12-29)30-3)11-25-20(19)14(2)27-28-22/h4-6,9-11,13,18,21H,7-8,12H2,1-3H3,(H,26,28)/t13?,18-/m0/s1. The summed E-state index contributed by atoms with van der Waals surface area (Å²) in [7, 11) is 1.73. The molecule has 0 spiro atoms. The van der Waals surface area contributed by atoms with E-state index in [1.807, 2.05) is 26.1 Å². The topological polar surface area (TPSA) is 63.2 Å². The van der Waals surface area contributed by atoms with Gasteiger partial charge in [-0.3, -0.25) is 4.98 Å². The van der Waals surface area contributed by atoms with Gasteiger partial charge in [0.1, 0.15) is 0 Å². The smallest absolute Gasteiger partial charge is 0.263 e. The van der Waals surface area contributed by atoms with Crippen molar-refractivity contribution in [3.05, 3.63) is 53.3 Å². The molecule has 158 valence electrons. The highest BCUT2D eigenvalue weighted by Gasteiger charge is 2.23. The van der Waals surface area contributed by atoms with Crippen LogP contribution in [0, 0.1) is 6.92 Å². The monoisotopic (exact) mass is 413 g/mol. The Labute approximate surface area is 174 Å². The van der Waals surface area contributed by atoms with E-state index in [4.69, 9.17) is 4.74 Å². The maximum Gasteiger partial charge on any atom is 0.263 e. The molecule has 1 aliphatic heterocycles. The lowest BCUT2D eigenvalue weighted by Crippen LogP contribution is -2.22. The van der Waals surface area contributed by atoms with E-state index in [9.17, 15) is 8.78 Å². The quantitative estimate of drug-likeness (QED) is 0.634. The van der Waals surface area contributed by atoms with Crippen LogP contribution in [0.4, 0.5) is 20.3 Å². The Bertz CT molecular complexity index is 1050. The van der Waals surface area contributed by atoms with Crippen molar-refractivity contribution in [3.63, 3.8) is 0 Å². The molecule has 1 unspecified atom stereocenters. The Morgan fingerprint density at radius 1 is 1.20 bits per heavy atom.